The van der Waals surface area contributed by atoms with E-state index in [2.05, 4.69) is 69.6 Å². The van der Waals surface area contributed by atoms with Crippen molar-refractivity contribution >= 4 is 10.9 Å². The number of rotatable bonds is 11. The maximum Gasteiger partial charge on any atom is 0.252 e. The van der Waals surface area contributed by atoms with Crippen molar-refractivity contribution in [2.24, 2.45) is 0 Å². The van der Waals surface area contributed by atoms with Crippen LogP contribution in [0.3, 0.4) is 0 Å². The molecule has 0 saturated heterocycles. The molecule has 0 saturated carbocycles. The first-order valence-corrected chi connectivity index (χ1v) is 12.2. The number of ether oxygens (including phenoxy) is 1. The van der Waals surface area contributed by atoms with Gasteiger partial charge < -0.3 is 9.72 Å². The number of hydrogen-bond acceptors (Lipinski definition) is 6. The van der Waals surface area contributed by atoms with Crippen LogP contribution < -0.4 is 5.56 Å². The van der Waals surface area contributed by atoms with E-state index in [0.717, 1.165) is 52.8 Å². The summed E-state index contributed by atoms with van der Waals surface area (Å²) >= 11 is 0. The molecule has 0 radical (unpaired) electrons. The number of tetrazole rings is 1. The van der Waals surface area contributed by atoms with Gasteiger partial charge in [0.25, 0.3) is 5.56 Å². The van der Waals surface area contributed by atoms with Crippen molar-refractivity contribution in [3.05, 3.63) is 87.0 Å². The Balaban J connectivity index is 1.70. The van der Waals surface area contributed by atoms with Gasteiger partial charge in [0.05, 0.1) is 24.7 Å². The quantitative estimate of drug-likeness (QED) is 0.354. The molecule has 4 rings (SSSR count). The lowest BCUT2D eigenvalue weighted by Crippen LogP contribution is -2.34. The van der Waals surface area contributed by atoms with Crippen LogP contribution in [0.25, 0.3) is 10.9 Å². The van der Waals surface area contributed by atoms with Crippen molar-refractivity contribution in [2.75, 3.05) is 20.3 Å². The molecule has 184 valence electrons. The van der Waals surface area contributed by atoms with E-state index in [4.69, 9.17) is 4.74 Å². The largest absolute Gasteiger partial charge is 0.383 e. The lowest BCUT2D eigenvalue weighted by Gasteiger charge is -2.30. The van der Waals surface area contributed by atoms with Gasteiger partial charge in [0.1, 0.15) is 0 Å². The van der Waals surface area contributed by atoms with E-state index in [9.17, 15) is 4.79 Å². The molecular formula is C27H34N6O2. The smallest absolute Gasteiger partial charge is 0.252 e. The van der Waals surface area contributed by atoms with Crippen molar-refractivity contribution in [1.29, 1.82) is 0 Å². The van der Waals surface area contributed by atoms with E-state index in [1.54, 1.807) is 7.11 Å². The van der Waals surface area contributed by atoms with Crippen molar-refractivity contribution in [2.45, 2.75) is 52.7 Å². The van der Waals surface area contributed by atoms with Crippen LogP contribution in [0.1, 0.15) is 47.5 Å². The molecule has 0 amide bonds. The zero-order valence-corrected chi connectivity index (χ0v) is 21.0. The minimum absolute atomic E-state index is 0.0423. The van der Waals surface area contributed by atoms with Crippen LogP contribution in [0.5, 0.6) is 0 Å². The number of H-pyrrole nitrogens is 1. The Morgan fingerprint density at radius 1 is 1.11 bits per heavy atom. The summed E-state index contributed by atoms with van der Waals surface area (Å²) in [7, 11) is 1.67. The van der Waals surface area contributed by atoms with Gasteiger partial charge in [0, 0.05) is 31.1 Å². The molecule has 2 aromatic carbocycles. The van der Waals surface area contributed by atoms with Crippen LogP contribution in [0.2, 0.25) is 0 Å². The van der Waals surface area contributed by atoms with Crippen molar-refractivity contribution < 1.29 is 4.74 Å². The summed E-state index contributed by atoms with van der Waals surface area (Å²) in [5.74, 6) is 0.793. The number of benzene rings is 2. The number of fused-ring (bicyclic) bond motifs is 1. The summed E-state index contributed by atoms with van der Waals surface area (Å²) in [5.41, 5.74) is 5.07. The summed E-state index contributed by atoms with van der Waals surface area (Å²) in [6, 6.07) is 16.6. The first kappa shape index (κ1) is 24.8. The average molecular weight is 475 g/mol. The normalized spacial score (nSPS) is 12.5. The summed E-state index contributed by atoms with van der Waals surface area (Å²) in [5, 5.41) is 13.6. The summed E-state index contributed by atoms with van der Waals surface area (Å²) in [4.78, 5) is 18.6. The Kier molecular flexibility index (Phi) is 8.05. The van der Waals surface area contributed by atoms with Crippen LogP contribution in [-0.4, -0.2) is 50.4 Å². The van der Waals surface area contributed by atoms with E-state index in [1.807, 2.05) is 29.8 Å². The summed E-state index contributed by atoms with van der Waals surface area (Å²) in [6.07, 6.45) is 1.67. The topological polar surface area (TPSA) is 88.9 Å². The number of nitrogens with zero attached hydrogens (tertiary/aromatic N) is 5. The maximum absolute atomic E-state index is 13.2. The molecule has 0 bridgehead atoms. The van der Waals surface area contributed by atoms with Crippen molar-refractivity contribution in [3.63, 3.8) is 0 Å². The average Bonchev–Trinajstić information content (AvgIpc) is 3.33. The van der Waals surface area contributed by atoms with Crippen LogP contribution in [0.4, 0.5) is 0 Å². The van der Waals surface area contributed by atoms with Gasteiger partial charge in [-0.3, -0.25) is 9.69 Å². The second-order valence-electron chi connectivity index (χ2n) is 8.99. The summed E-state index contributed by atoms with van der Waals surface area (Å²) < 4.78 is 7.06. The standard InChI is InChI=1S/C27H34N6O2/c1-5-24(26-29-30-31-33(26)15-16-35-4)32(14-13-21-9-7-6-8-10-21)18-22-17-23-19(2)11-12-20(3)25(23)28-27(22)34/h6-12,17,24H,5,13-16,18H2,1-4H3,(H,28,34). The highest BCUT2D eigenvalue weighted by molar-refractivity contribution is 5.85. The maximum atomic E-state index is 13.2. The van der Waals surface area contributed by atoms with Gasteiger partial charge in [-0.15, -0.1) is 5.10 Å². The van der Waals surface area contributed by atoms with Crippen LogP contribution in [-0.2, 0) is 24.2 Å². The predicted molar refractivity (Wildman–Crippen MR) is 137 cm³/mol. The van der Waals surface area contributed by atoms with Gasteiger partial charge in [0.15, 0.2) is 5.82 Å². The fourth-order valence-electron chi connectivity index (χ4n) is 4.61. The molecule has 8 heteroatoms. The number of aromatic nitrogens is 5. The monoisotopic (exact) mass is 474 g/mol. The third-order valence-corrected chi connectivity index (χ3v) is 6.62. The van der Waals surface area contributed by atoms with Gasteiger partial charge in [-0.2, -0.15) is 0 Å². The molecule has 1 atom stereocenters. The van der Waals surface area contributed by atoms with Crippen LogP contribution in [0.15, 0.2) is 53.3 Å². The second kappa shape index (κ2) is 11.4. The highest BCUT2D eigenvalue weighted by Gasteiger charge is 2.25. The zero-order chi connectivity index (χ0) is 24.8. The molecule has 35 heavy (non-hydrogen) atoms. The first-order chi connectivity index (χ1) is 17.0. The van der Waals surface area contributed by atoms with Crippen molar-refractivity contribution in [3.8, 4) is 0 Å². The van der Waals surface area contributed by atoms with Crippen LogP contribution >= 0.6 is 0 Å². The SMILES string of the molecule is CCC(c1nnnn1CCOC)N(CCc1ccccc1)Cc1cc2c(C)ccc(C)c2[nH]c1=O. The Hall–Kier alpha value is -3.36. The number of pyridine rings is 1. The molecule has 2 aromatic heterocycles. The number of aromatic amines is 1. The van der Waals surface area contributed by atoms with Gasteiger partial charge in [0.2, 0.25) is 0 Å². The second-order valence-corrected chi connectivity index (χ2v) is 8.99. The van der Waals surface area contributed by atoms with E-state index in [1.165, 1.54) is 5.56 Å². The molecule has 2 heterocycles. The molecule has 0 aliphatic carbocycles. The van der Waals surface area contributed by atoms with Crippen molar-refractivity contribution in [1.82, 2.24) is 30.1 Å². The highest BCUT2D eigenvalue weighted by Crippen LogP contribution is 2.26. The minimum atomic E-state index is -0.0512. The third-order valence-electron chi connectivity index (χ3n) is 6.62. The molecule has 8 nitrogen and oxygen atoms in total. The van der Waals surface area contributed by atoms with Gasteiger partial charge >= 0.3 is 0 Å². The molecule has 4 aromatic rings. The molecule has 1 N–H and O–H groups in total. The van der Waals surface area contributed by atoms with Gasteiger partial charge in [-0.25, -0.2) is 4.68 Å². The fourth-order valence-corrected chi connectivity index (χ4v) is 4.61. The number of aryl methyl sites for hydroxylation is 2. The lowest BCUT2D eigenvalue weighted by molar-refractivity contribution is 0.158. The molecule has 1 unspecified atom stereocenters. The first-order valence-electron chi connectivity index (χ1n) is 12.2. The van der Waals surface area contributed by atoms with Gasteiger partial charge in [-0.05, 0) is 59.9 Å². The Bertz CT molecular complexity index is 1310. The number of hydrogen-bond donors (Lipinski definition) is 1. The lowest BCUT2D eigenvalue weighted by atomic mass is 10.0. The fraction of sp³-hybridized carbons (Fsp3) is 0.407. The summed E-state index contributed by atoms with van der Waals surface area (Å²) in [6.45, 7) is 8.61. The Morgan fingerprint density at radius 3 is 2.63 bits per heavy atom. The molecular weight excluding hydrogens is 440 g/mol. The van der Waals surface area contributed by atoms with Crippen LogP contribution in [0, 0.1) is 13.8 Å². The minimum Gasteiger partial charge on any atom is -0.383 e. The Labute approximate surface area is 205 Å². The van der Waals surface area contributed by atoms with Gasteiger partial charge in [-0.1, -0.05) is 49.4 Å². The predicted octanol–water partition coefficient (Wildman–Crippen LogP) is 3.97. The van der Waals surface area contributed by atoms with E-state index < -0.39 is 0 Å². The Morgan fingerprint density at radius 2 is 1.89 bits per heavy atom. The van der Waals surface area contributed by atoms with E-state index in [0.29, 0.717) is 19.7 Å². The molecule has 0 aliphatic heterocycles. The highest BCUT2D eigenvalue weighted by atomic mass is 16.5. The van der Waals surface area contributed by atoms with E-state index in [-0.39, 0.29) is 11.6 Å². The molecule has 0 fully saturated rings. The number of nitrogens with one attached hydrogen (secondary N) is 1. The third kappa shape index (κ3) is 5.66. The molecule has 0 aliphatic rings. The number of methoxy groups -OCH3 is 1. The zero-order valence-electron chi connectivity index (χ0n) is 21.0. The molecule has 0 spiro atoms. The van der Waals surface area contributed by atoms with E-state index >= 15 is 0 Å².